The van der Waals surface area contributed by atoms with E-state index in [0.717, 1.165) is 0 Å². The number of carbonyl (C=O) groups excluding carboxylic acids is 3. The molecule has 0 unspecified atom stereocenters. The minimum atomic E-state index is -0.363. The maximum atomic E-state index is 13.2. The van der Waals surface area contributed by atoms with Gasteiger partial charge in [-0.3, -0.25) is 14.4 Å². The van der Waals surface area contributed by atoms with Crippen LogP contribution in [0.4, 0.5) is 0 Å². The average Bonchev–Trinajstić information content (AvgIpc) is 2.87. The molecule has 1 aliphatic heterocycles. The van der Waals surface area contributed by atoms with Crippen LogP contribution < -0.4 is 18.9 Å². The summed E-state index contributed by atoms with van der Waals surface area (Å²) in [6.45, 7) is 7.32. The van der Waals surface area contributed by atoms with Crippen molar-refractivity contribution in [1.29, 1.82) is 0 Å². The van der Waals surface area contributed by atoms with Gasteiger partial charge < -0.3 is 23.7 Å². The van der Waals surface area contributed by atoms with Crippen molar-refractivity contribution in [2.45, 2.75) is 27.7 Å². The number of rotatable bonds is 8. The van der Waals surface area contributed by atoms with E-state index >= 15 is 0 Å². The highest BCUT2D eigenvalue weighted by Gasteiger charge is 2.22. The zero-order valence-electron chi connectivity index (χ0n) is 22.0. The Bertz CT molecular complexity index is 1140. The monoisotopic (exact) mass is 508 g/mol. The van der Waals surface area contributed by atoms with Crippen molar-refractivity contribution in [3.8, 4) is 23.0 Å². The van der Waals surface area contributed by atoms with Crippen LogP contribution in [0.3, 0.4) is 0 Å². The van der Waals surface area contributed by atoms with Crippen molar-refractivity contribution < 1.29 is 38.1 Å². The van der Waals surface area contributed by atoms with Crippen molar-refractivity contribution in [2.75, 3.05) is 27.4 Å². The number of Topliss-reactive ketones (excluding diaryl/α,β-unsaturated/α-hetero) is 1. The van der Waals surface area contributed by atoms with Gasteiger partial charge in [0.05, 0.1) is 39.3 Å². The van der Waals surface area contributed by atoms with E-state index in [-0.39, 0.29) is 42.8 Å². The third-order valence-electron chi connectivity index (χ3n) is 5.52. The summed E-state index contributed by atoms with van der Waals surface area (Å²) in [5.41, 5.74) is 2.35. The van der Waals surface area contributed by atoms with Crippen molar-refractivity contribution in [1.82, 2.24) is 0 Å². The highest BCUT2D eigenvalue weighted by atomic mass is 16.6. The van der Waals surface area contributed by atoms with Crippen molar-refractivity contribution in [2.24, 2.45) is 11.8 Å². The number of hydrogen-bond donors (Lipinski definition) is 0. The summed E-state index contributed by atoms with van der Waals surface area (Å²) in [6, 6.07) is 10.1. The van der Waals surface area contributed by atoms with Crippen LogP contribution in [0.25, 0.3) is 12.2 Å². The number of methoxy groups -OCH3 is 2. The second kappa shape index (κ2) is 12.4. The molecule has 0 amide bonds. The van der Waals surface area contributed by atoms with Gasteiger partial charge in [-0.25, -0.2) is 0 Å². The molecule has 196 valence electrons. The zero-order chi connectivity index (χ0) is 27.1. The highest BCUT2D eigenvalue weighted by Crippen LogP contribution is 2.32. The fourth-order valence-electron chi connectivity index (χ4n) is 3.39. The minimum absolute atomic E-state index is 0.144. The molecule has 0 aliphatic carbocycles. The van der Waals surface area contributed by atoms with Gasteiger partial charge in [0.25, 0.3) is 0 Å². The number of carbonyl (C=O) groups is 3. The summed E-state index contributed by atoms with van der Waals surface area (Å²) in [7, 11) is 2.97. The molecule has 0 radical (unpaired) electrons. The highest BCUT2D eigenvalue weighted by molar-refractivity contribution is 6.14. The van der Waals surface area contributed by atoms with Gasteiger partial charge in [-0.15, -0.1) is 0 Å². The summed E-state index contributed by atoms with van der Waals surface area (Å²) in [5.74, 6) is -0.0363. The average molecular weight is 509 g/mol. The van der Waals surface area contributed by atoms with Crippen LogP contribution in [0.5, 0.6) is 23.0 Å². The molecule has 0 atom stereocenters. The first-order chi connectivity index (χ1) is 17.6. The standard InChI is InChI=1S/C29H32O8/c1-17(2)28(31)36-23-9-7-19(13-25(23)33-5)11-21-15-35-16-22(27(21)30)12-20-8-10-24(26(14-20)34-6)37-29(32)18(3)4/h7-14,17-18H,15-16H2,1-6H3/b21-11+,22-12+. The van der Waals surface area contributed by atoms with Crippen LogP contribution >= 0.6 is 0 Å². The summed E-state index contributed by atoms with van der Waals surface area (Å²) < 4.78 is 27.2. The van der Waals surface area contributed by atoms with Gasteiger partial charge in [-0.1, -0.05) is 39.8 Å². The Morgan fingerprint density at radius 2 is 1.14 bits per heavy atom. The van der Waals surface area contributed by atoms with Gasteiger partial charge in [0.15, 0.2) is 28.8 Å². The van der Waals surface area contributed by atoms with Gasteiger partial charge >= 0.3 is 11.9 Å². The second-order valence-electron chi connectivity index (χ2n) is 9.13. The van der Waals surface area contributed by atoms with E-state index in [0.29, 0.717) is 45.3 Å². The molecule has 8 nitrogen and oxygen atoms in total. The number of ether oxygens (including phenoxy) is 5. The van der Waals surface area contributed by atoms with Gasteiger partial charge in [0.2, 0.25) is 0 Å². The molecule has 0 bridgehead atoms. The fourth-order valence-corrected chi connectivity index (χ4v) is 3.39. The normalized spacial score (nSPS) is 15.8. The van der Waals surface area contributed by atoms with Crippen molar-refractivity contribution >= 4 is 29.9 Å². The molecule has 1 heterocycles. The Kier molecular flexibility index (Phi) is 9.25. The van der Waals surface area contributed by atoms with E-state index < -0.39 is 0 Å². The molecular formula is C29H32O8. The molecule has 1 aliphatic rings. The van der Waals surface area contributed by atoms with Crippen LogP contribution in [-0.4, -0.2) is 45.2 Å². The van der Waals surface area contributed by atoms with Gasteiger partial charge in [0.1, 0.15) is 0 Å². The van der Waals surface area contributed by atoms with Crippen molar-refractivity contribution in [3.63, 3.8) is 0 Å². The van der Waals surface area contributed by atoms with Gasteiger partial charge in [0, 0.05) is 11.1 Å². The van der Waals surface area contributed by atoms with Crippen LogP contribution in [0.15, 0.2) is 47.5 Å². The minimum Gasteiger partial charge on any atom is -0.493 e. The van der Waals surface area contributed by atoms with Crippen LogP contribution in [0, 0.1) is 11.8 Å². The molecular weight excluding hydrogens is 476 g/mol. The molecule has 3 rings (SSSR count). The predicted octanol–water partition coefficient (Wildman–Crippen LogP) is 4.89. The Morgan fingerprint density at radius 3 is 1.49 bits per heavy atom. The van der Waals surface area contributed by atoms with E-state index in [9.17, 15) is 14.4 Å². The predicted molar refractivity (Wildman–Crippen MR) is 139 cm³/mol. The van der Waals surface area contributed by atoms with Crippen LogP contribution in [-0.2, 0) is 19.1 Å². The first kappa shape index (κ1) is 27.7. The Labute approximate surface area is 216 Å². The lowest BCUT2D eigenvalue weighted by molar-refractivity contribution is -0.138. The first-order valence-electron chi connectivity index (χ1n) is 12.0. The maximum Gasteiger partial charge on any atom is 0.313 e. The summed E-state index contributed by atoms with van der Waals surface area (Å²) >= 11 is 0. The molecule has 0 N–H and O–H groups in total. The largest absolute Gasteiger partial charge is 0.493 e. The number of benzene rings is 2. The summed E-state index contributed by atoms with van der Waals surface area (Å²) in [6.07, 6.45) is 3.45. The topological polar surface area (TPSA) is 97.4 Å². The molecule has 2 aromatic rings. The van der Waals surface area contributed by atoms with Crippen molar-refractivity contribution in [3.05, 3.63) is 58.7 Å². The Morgan fingerprint density at radius 1 is 0.730 bits per heavy atom. The molecule has 8 heteroatoms. The zero-order valence-corrected chi connectivity index (χ0v) is 22.0. The molecule has 0 spiro atoms. The molecule has 1 fully saturated rings. The smallest absolute Gasteiger partial charge is 0.313 e. The van der Waals surface area contributed by atoms with Crippen LogP contribution in [0.1, 0.15) is 38.8 Å². The molecule has 1 saturated heterocycles. The van der Waals surface area contributed by atoms with Gasteiger partial charge in [-0.2, -0.15) is 0 Å². The van der Waals surface area contributed by atoms with E-state index in [1.807, 2.05) is 0 Å². The lowest BCUT2D eigenvalue weighted by atomic mass is 9.97. The third-order valence-corrected chi connectivity index (χ3v) is 5.52. The lowest BCUT2D eigenvalue weighted by Crippen LogP contribution is -2.22. The van der Waals surface area contributed by atoms with E-state index in [2.05, 4.69) is 0 Å². The Hall–Kier alpha value is -3.91. The molecule has 0 saturated carbocycles. The number of esters is 2. The SMILES string of the molecule is COc1cc(/C=C2\COC/C(=C\c3ccc(OC(=O)C(C)C)c(OC)c3)C2=O)ccc1OC(=O)C(C)C. The molecule has 0 aromatic heterocycles. The second-order valence-corrected chi connectivity index (χ2v) is 9.13. The molecule has 37 heavy (non-hydrogen) atoms. The number of ketones is 1. The third kappa shape index (κ3) is 7.07. The van der Waals surface area contributed by atoms with E-state index in [1.54, 1.807) is 76.2 Å². The lowest BCUT2D eigenvalue weighted by Gasteiger charge is -2.18. The quantitative estimate of drug-likeness (QED) is 0.282. The van der Waals surface area contributed by atoms with Gasteiger partial charge in [-0.05, 0) is 47.5 Å². The number of hydrogen-bond acceptors (Lipinski definition) is 8. The van der Waals surface area contributed by atoms with Crippen LogP contribution in [0.2, 0.25) is 0 Å². The van der Waals surface area contributed by atoms with E-state index in [4.69, 9.17) is 23.7 Å². The molecule has 2 aromatic carbocycles. The maximum absolute atomic E-state index is 13.2. The summed E-state index contributed by atoms with van der Waals surface area (Å²) in [5, 5.41) is 0. The fraction of sp³-hybridized carbons (Fsp3) is 0.345. The van der Waals surface area contributed by atoms with E-state index in [1.165, 1.54) is 14.2 Å². The first-order valence-corrected chi connectivity index (χ1v) is 12.0. The summed E-state index contributed by atoms with van der Waals surface area (Å²) in [4.78, 5) is 37.1. The Balaban J connectivity index is 1.83.